The van der Waals surface area contributed by atoms with Crippen LogP contribution in [-0.4, -0.2) is 37.6 Å². The van der Waals surface area contributed by atoms with E-state index in [0.29, 0.717) is 0 Å². The first-order chi connectivity index (χ1) is 5.75. The third-order valence-corrected chi connectivity index (χ3v) is 2.93. The molecule has 0 radical (unpaired) electrons. The average molecular weight is 170 g/mol. The summed E-state index contributed by atoms with van der Waals surface area (Å²) in [7, 11) is 2.25. The lowest BCUT2D eigenvalue weighted by atomic mass is 9.94. The van der Waals surface area contributed by atoms with Crippen LogP contribution >= 0.6 is 0 Å². The molecule has 2 atom stereocenters. The number of nitrogens with one attached hydrogen (secondary N) is 1. The van der Waals surface area contributed by atoms with Crippen molar-refractivity contribution in [1.29, 1.82) is 0 Å². The van der Waals surface area contributed by atoms with Gasteiger partial charge < -0.3 is 10.2 Å². The summed E-state index contributed by atoms with van der Waals surface area (Å²) in [4.78, 5) is 2.50. The van der Waals surface area contributed by atoms with E-state index in [2.05, 4.69) is 31.1 Å². The number of hydrogen-bond acceptors (Lipinski definition) is 2. The van der Waals surface area contributed by atoms with Gasteiger partial charge >= 0.3 is 0 Å². The van der Waals surface area contributed by atoms with Crippen LogP contribution in [0.4, 0.5) is 0 Å². The van der Waals surface area contributed by atoms with Crippen LogP contribution < -0.4 is 5.32 Å². The van der Waals surface area contributed by atoms with Crippen molar-refractivity contribution in [3.63, 3.8) is 0 Å². The van der Waals surface area contributed by atoms with Crippen LogP contribution in [0.2, 0.25) is 0 Å². The highest BCUT2D eigenvalue weighted by Gasteiger charge is 2.23. The summed E-state index contributed by atoms with van der Waals surface area (Å²) in [6.45, 7) is 8.24. The molecule has 0 bridgehead atoms. The molecule has 1 saturated heterocycles. The second-order valence-corrected chi connectivity index (χ2v) is 4.02. The fourth-order valence-electron chi connectivity index (χ4n) is 2.08. The minimum absolute atomic E-state index is 0.763. The Bertz CT molecular complexity index is 125. The second kappa shape index (κ2) is 4.83. The third-order valence-electron chi connectivity index (χ3n) is 2.93. The monoisotopic (exact) mass is 170 g/mol. The van der Waals surface area contributed by atoms with E-state index in [9.17, 15) is 0 Å². The number of nitrogens with zero attached hydrogens (tertiary/aromatic N) is 1. The molecule has 0 aliphatic carbocycles. The van der Waals surface area contributed by atoms with Crippen LogP contribution in [0.5, 0.6) is 0 Å². The lowest BCUT2D eigenvalue weighted by Gasteiger charge is -2.36. The molecule has 0 amide bonds. The first kappa shape index (κ1) is 10.0. The second-order valence-electron chi connectivity index (χ2n) is 4.02. The molecule has 1 heterocycles. The minimum Gasteiger partial charge on any atom is -0.315 e. The van der Waals surface area contributed by atoms with Crippen LogP contribution in [0, 0.1) is 5.92 Å². The molecule has 1 rings (SSSR count). The van der Waals surface area contributed by atoms with Crippen LogP contribution in [0.25, 0.3) is 0 Å². The van der Waals surface area contributed by atoms with E-state index in [4.69, 9.17) is 0 Å². The first-order valence-corrected chi connectivity index (χ1v) is 5.16. The van der Waals surface area contributed by atoms with E-state index in [-0.39, 0.29) is 0 Å². The molecule has 1 aliphatic rings. The fraction of sp³-hybridized carbons (Fsp3) is 1.00. The molecule has 1 fully saturated rings. The molecule has 2 unspecified atom stereocenters. The Hall–Kier alpha value is -0.0800. The Morgan fingerprint density at radius 3 is 2.83 bits per heavy atom. The van der Waals surface area contributed by atoms with Gasteiger partial charge in [-0.05, 0) is 38.9 Å². The third kappa shape index (κ3) is 2.46. The predicted octanol–water partition coefficient (Wildman–Crippen LogP) is 1.33. The van der Waals surface area contributed by atoms with Gasteiger partial charge in [0.2, 0.25) is 0 Å². The van der Waals surface area contributed by atoms with Crippen LogP contribution in [-0.2, 0) is 0 Å². The summed E-state index contributed by atoms with van der Waals surface area (Å²) in [5.41, 5.74) is 0. The van der Waals surface area contributed by atoms with E-state index in [1.807, 2.05) is 0 Å². The predicted molar refractivity (Wildman–Crippen MR) is 53.4 cm³/mol. The van der Waals surface area contributed by atoms with Crippen molar-refractivity contribution in [2.24, 2.45) is 5.92 Å². The molecule has 1 aliphatic heterocycles. The van der Waals surface area contributed by atoms with E-state index >= 15 is 0 Å². The SMILES string of the molecule is CCCN(C)C1CNCCC1C. The van der Waals surface area contributed by atoms with Gasteiger partial charge in [0.05, 0.1) is 0 Å². The van der Waals surface area contributed by atoms with E-state index in [1.165, 1.54) is 32.5 Å². The molecule has 0 aromatic carbocycles. The molecule has 0 aromatic heterocycles. The molecule has 0 saturated carbocycles. The van der Waals surface area contributed by atoms with Crippen molar-refractivity contribution in [2.45, 2.75) is 32.7 Å². The smallest absolute Gasteiger partial charge is 0.0243 e. The Balaban J connectivity index is 2.36. The molecule has 2 nitrogen and oxygen atoms in total. The normalized spacial score (nSPS) is 31.0. The summed E-state index contributed by atoms with van der Waals surface area (Å²) in [6.07, 6.45) is 2.60. The lowest BCUT2D eigenvalue weighted by Crippen LogP contribution is -2.49. The molecule has 2 heteroatoms. The van der Waals surface area contributed by atoms with Crippen molar-refractivity contribution < 1.29 is 0 Å². The number of piperidine rings is 1. The number of rotatable bonds is 3. The average Bonchev–Trinajstić information content (AvgIpc) is 2.05. The molecular weight excluding hydrogens is 148 g/mol. The summed E-state index contributed by atoms with van der Waals surface area (Å²) in [5, 5.41) is 3.46. The maximum absolute atomic E-state index is 3.46. The van der Waals surface area contributed by atoms with Gasteiger partial charge in [-0.2, -0.15) is 0 Å². The zero-order chi connectivity index (χ0) is 8.97. The van der Waals surface area contributed by atoms with Crippen molar-refractivity contribution in [1.82, 2.24) is 10.2 Å². The van der Waals surface area contributed by atoms with Crippen molar-refractivity contribution in [3.8, 4) is 0 Å². The van der Waals surface area contributed by atoms with E-state index in [0.717, 1.165) is 12.0 Å². The maximum atomic E-state index is 3.46. The first-order valence-electron chi connectivity index (χ1n) is 5.16. The van der Waals surface area contributed by atoms with Gasteiger partial charge in [-0.25, -0.2) is 0 Å². The fourth-order valence-corrected chi connectivity index (χ4v) is 2.08. The maximum Gasteiger partial charge on any atom is 0.0243 e. The summed E-state index contributed by atoms with van der Waals surface area (Å²) >= 11 is 0. The quantitative estimate of drug-likeness (QED) is 0.687. The van der Waals surface area contributed by atoms with Gasteiger partial charge in [-0.15, -0.1) is 0 Å². The van der Waals surface area contributed by atoms with Crippen LogP contribution in [0.15, 0.2) is 0 Å². The zero-order valence-electron chi connectivity index (χ0n) is 8.64. The van der Waals surface area contributed by atoms with Crippen molar-refractivity contribution >= 4 is 0 Å². The van der Waals surface area contributed by atoms with Crippen molar-refractivity contribution in [2.75, 3.05) is 26.7 Å². The Morgan fingerprint density at radius 2 is 2.25 bits per heavy atom. The van der Waals surface area contributed by atoms with Crippen LogP contribution in [0.3, 0.4) is 0 Å². The molecule has 12 heavy (non-hydrogen) atoms. The van der Waals surface area contributed by atoms with Gasteiger partial charge in [0, 0.05) is 12.6 Å². The van der Waals surface area contributed by atoms with Gasteiger partial charge in [-0.3, -0.25) is 0 Å². The highest BCUT2D eigenvalue weighted by Crippen LogP contribution is 2.16. The minimum atomic E-state index is 0.763. The molecule has 0 aromatic rings. The van der Waals surface area contributed by atoms with Gasteiger partial charge in [-0.1, -0.05) is 13.8 Å². The highest BCUT2D eigenvalue weighted by molar-refractivity contribution is 4.81. The Morgan fingerprint density at radius 1 is 1.50 bits per heavy atom. The topological polar surface area (TPSA) is 15.3 Å². The van der Waals surface area contributed by atoms with Gasteiger partial charge in [0.15, 0.2) is 0 Å². The molecule has 1 N–H and O–H groups in total. The van der Waals surface area contributed by atoms with Gasteiger partial charge in [0.25, 0.3) is 0 Å². The highest BCUT2D eigenvalue weighted by atomic mass is 15.2. The van der Waals surface area contributed by atoms with E-state index < -0.39 is 0 Å². The standard InChI is InChI=1S/C10H22N2/c1-4-7-12(3)10-8-11-6-5-9(10)2/h9-11H,4-8H2,1-3H3. The van der Waals surface area contributed by atoms with Gasteiger partial charge in [0.1, 0.15) is 0 Å². The van der Waals surface area contributed by atoms with Crippen molar-refractivity contribution in [3.05, 3.63) is 0 Å². The molecular formula is C10H22N2. The number of hydrogen-bond donors (Lipinski definition) is 1. The Labute approximate surface area is 76.3 Å². The van der Waals surface area contributed by atoms with Crippen LogP contribution in [0.1, 0.15) is 26.7 Å². The largest absolute Gasteiger partial charge is 0.315 e. The molecule has 72 valence electrons. The Kier molecular flexibility index (Phi) is 4.02. The van der Waals surface area contributed by atoms with E-state index in [1.54, 1.807) is 0 Å². The molecule has 0 spiro atoms. The lowest BCUT2D eigenvalue weighted by molar-refractivity contribution is 0.152. The number of likely N-dealkylation sites (N-methyl/N-ethyl adjacent to an activating group) is 1. The summed E-state index contributed by atoms with van der Waals surface area (Å²) < 4.78 is 0. The summed E-state index contributed by atoms with van der Waals surface area (Å²) in [5.74, 6) is 0.864. The summed E-state index contributed by atoms with van der Waals surface area (Å²) in [6, 6.07) is 0.763. The zero-order valence-corrected chi connectivity index (χ0v) is 8.64.